The molecule has 1 N–H and O–H groups in total. The Bertz CT molecular complexity index is 480. The molecule has 1 aromatic carbocycles. The Kier molecular flexibility index (Phi) is 8.29. The van der Waals surface area contributed by atoms with Crippen molar-refractivity contribution in [3.63, 3.8) is 0 Å². The molecule has 0 saturated heterocycles. The van der Waals surface area contributed by atoms with Gasteiger partial charge in [0, 0.05) is 9.26 Å². The van der Waals surface area contributed by atoms with Crippen LogP contribution in [0.1, 0.15) is 20.3 Å². The highest BCUT2D eigenvalue weighted by Crippen LogP contribution is 2.12. The number of ether oxygens (including phenoxy) is 1. The third-order valence-electron chi connectivity index (χ3n) is 2.67. The molecular formula is C15H21IN2O3. The Morgan fingerprint density at radius 1 is 1.29 bits per heavy atom. The standard InChI is InChI=1S/C15H21IN2O3/c1-3-8-18(11-15(20)21-4-2)10-14(19)17-13-7-5-6-12(16)9-13/h5-7,9H,3-4,8,10-11H2,1-2H3,(H,17,19). The number of halogens is 1. The number of nitrogens with zero attached hydrogens (tertiary/aromatic N) is 1. The first kappa shape index (κ1) is 17.9. The summed E-state index contributed by atoms with van der Waals surface area (Å²) in [6.45, 7) is 5.13. The Hall–Kier alpha value is -1.15. The Labute approximate surface area is 139 Å². The van der Waals surface area contributed by atoms with E-state index in [0.717, 1.165) is 15.7 Å². The molecular weight excluding hydrogens is 383 g/mol. The van der Waals surface area contributed by atoms with Gasteiger partial charge in [-0.25, -0.2) is 0 Å². The number of rotatable bonds is 8. The predicted octanol–water partition coefficient (Wildman–Crippen LogP) is 2.50. The summed E-state index contributed by atoms with van der Waals surface area (Å²) >= 11 is 2.19. The summed E-state index contributed by atoms with van der Waals surface area (Å²) < 4.78 is 5.98. The van der Waals surface area contributed by atoms with E-state index in [4.69, 9.17) is 4.74 Å². The van der Waals surface area contributed by atoms with Gasteiger partial charge in [-0.2, -0.15) is 0 Å². The molecule has 0 radical (unpaired) electrons. The van der Waals surface area contributed by atoms with E-state index in [2.05, 4.69) is 27.9 Å². The molecule has 0 bridgehead atoms. The van der Waals surface area contributed by atoms with Crippen molar-refractivity contribution in [1.82, 2.24) is 4.90 Å². The normalized spacial score (nSPS) is 10.5. The third-order valence-corrected chi connectivity index (χ3v) is 3.34. The summed E-state index contributed by atoms with van der Waals surface area (Å²) in [6.07, 6.45) is 0.871. The molecule has 0 atom stereocenters. The number of amides is 1. The van der Waals surface area contributed by atoms with Crippen LogP contribution in [-0.4, -0.2) is 43.0 Å². The minimum Gasteiger partial charge on any atom is -0.465 e. The summed E-state index contributed by atoms with van der Waals surface area (Å²) in [6, 6.07) is 7.59. The fourth-order valence-electron chi connectivity index (χ4n) is 1.89. The molecule has 0 unspecified atom stereocenters. The van der Waals surface area contributed by atoms with Crippen molar-refractivity contribution in [1.29, 1.82) is 0 Å². The van der Waals surface area contributed by atoms with Gasteiger partial charge in [-0.15, -0.1) is 0 Å². The van der Waals surface area contributed by atoms with Crippen molar-refractivity contribution in [2.45, 2.75) is 20.3 Å². The molecule has 0 fully saturated rings. The van der Waals surface area contributed by atoms with Crippen LogP contribution in [0.4, 0.5) is 5.69 Å². The molecule has 0 aliphatic heterocycles. The van der Waals surface area contributed by atoms with Gasteiger partial charge in [0.1, 0.15) is 0 Å². The van der Waals surface area contributed by atoms with Crippen molar-refractivity contribution in [2.75, 3.05) is 31.6 Å². The number of anilines is 1. The van der Waals surface area contributed by atoms with Gasteiger partial charge < -0.3 is 10.1 Å². The average Bonchev–Trinajstić information content (AvgIpc) is 2.38. The smallest absolute Gasteiger partial charge is 0.320 e. The summed E-state index contributed by atoms with van der Waals surface area (Å²) in [4.78, 5) is 25.4. The highest BCUT2D eigenvalue weighted by molar-refractivity contribution is 14.1. The summed E-state index contributed by atoms with van der Waals surface area (Å²) in [7, 11) is 0. The van der Waals surface area contributed by atoms with Gasteiger partial charge in [0.25, 0.3) is 0 Å². The van der Waals surface area contributed by atoms with Crippen molar-refractivity contribution < 1.29 is 14.3 Å². The van der Waals surface area contributed by atoms with E-state index in [1.807, 2.05) is 31.2 Å². The molecule has 1 amide bonds. The van der Waals surface area contributed by atoms with Gasteiger partial charge >= 0.3 is 5.97 Å². The van der Waals surface area contributed by atoms with Crippen molar-refractivity contribution in [3.05, 3.63) is 27.8 Å². The van der Waals surface area contributed by atoms with E-state index in [9.17, 15) is 9.59 Å². The quantitative estimate of drug-likeness (QED) is 0.535. The Morgan fingerprint density at radius 2 is 2.05 bits per heavy atom. The molecule has 0 saturated carbocycles. The summed E-state index contributed by atoms with van der Waals surface area (Å²) in [5, 5.41) is 2.84. The largest absolute Gasteiger partial charge is 0.465 e. The minimum absolute atomic E-state index is 0.130. The van der Waals surface area contributed by atoms with E-state index < -0.39 is 0 Å². The molecule has 6 heteroatoms. The number of hydrogen-bond donors (Lipinski definition) is 1. The molecule has 0 spiro atoms. The topological polar surface area (TPSA) is 58.6 Å². The summed E-state index contributed by atoms with van der Waals surface area (Å²) in [5.41, 5.74) is 0.763. The molecule has 1 rings (SSSR count). The highest BCUT2D eigenvalue weighted by Gasteiger charge is 2.14. The average molecular weight is 404 g/mol. The van der Waals surface area contributed by atoms with Gasteiger partial charge in [-0.1, -0.05) is 13.0 Å². The first-order valence-corrected chi connectivity index (χ1v) is 8.06. The maximum Gasteiger partial charge on any atom is 0.320 e. The lowest BCUT2D eigenvalue weighted by atomic mass is 10.3. The molecule has 21 heavy (non-hydrogen) atoms. The van der Waals surface area contributed by atoms with Crippen LogP contribution in [0.15, 0.2) is 24.3 Å². The van der Waals surface area contributed by atoms with Gasteiger partial charge in [-0.3, -0.25) is 14.5 Å². The number of carbonyl (C=O) groups is 2. The second kappa shape index (κ2) is 9.73. The van der Waals surface area contributed by atoms with Gasteiger partial charge in [0.05, 0.1) is 19.7 Å². The first-order chi connectivity index (χ1) is 10.0. The molecule has 5 nitrogen and oxygen atoms in total. The number of esters is 1. The van der Waals surface area contributed by atoms with Crippen LogP contribution in [0, 0.1) is 3.57 Å². The number of carbonyl (C=O) groups excluding carboxylic acids is 2. The minimum atomic E-state index is -0.298. The third kappa shape index (κ3) is 7.42. The molecule has 0 aromatic heterocycles. The second-order valence-electron chi connectivity index (χ2n) is 4.57. The van der Waals surface area contributed by atoms with Crippen molar-refractivity contribution in [2.24, 2.45) is 0 Å². The maximum absolute atomic E-state index is 12.0. The lowest BCUT2D eigenvalue weighted by Crippen LogP contribution is -2.38. The van der Waals surface area contributed by atoms with Crippen LogP contribution in [0.5, 0.6) is 0 Å². The molecule has 0 aliphatic carbocycles. The zero-order valence-corrected chi connectivity index (χ0v) is 14.6. The van der Waals surface area contributed by atoms with Gasteiger partial charge in [0.15, 0.2) is 0 Å². The zero-order valence-electron chi connectivity index (χ0n) is 12.4. The number of nitrogens with one attached hydrogen (secondary N) is 1. The Morgan fingerprint density at radius 3 is 2.67 bits per heavy atom. The summed E-state index contributed by atoms with van der Waals surface area (Å²) in [5.74, 6) is -0.428. The predicted molar refractivity (Wildman–Crippen MR) is 91.2 cm³/mol. The van der Waals surface area contributed by atoms with Crippen LogP contribution < -0.4 is 5.32 Å². The van der Waals surface area contributed by atoms with E-state index in [1.54, 1.807) is 11.8 Å². The van der Waals surface area contributed by atoms with E-state index in [0.29, 0.717) is 13.2 Å². The van der Waals surface area contributed by atoms with Crippen LogP contribution >= 0.6 is 22.6 Å². The second-order valence-corrected chi connectivity index (χ2v) is 5.82. The molecule has 116 valence electrons. The fourth-order valence-corrected chi connectivity index (χ4v) is 2.43. The van der Waals surface area contributed by atoms with Crippen LogP contribution in [-0.2, 0) is 14.3 Å². The highest BCUT2D eigenvalue weighted by atomic mass is 127. The lowest BCUT2D eigenvalue weighted by Gasteiger charge is -2.20. The lowest BCUT2D eigenvalue weighted by molar-refractivity contribution is -0.144. The molecule has 0 aliphatic rings. The van der Waals surface area contributed by atoms with E-state index >= 15 is 0 Å². The SMILES string of the molecule is CCCN(CC(=O)Nc1cccc(I)c1)CC(=O)OCC. The zero-order chi connectivity index (χ0) is 15.7. The van der Waals surface area contributed by atoms with Crippen molar-refractivity contribution >= 4 is 40.2 Å². The van der Waals surface area contributed by atoms with E-state index in [-0.39, 0.29) is 25.0 Å². The molecule has 1 aromatic rings. The number of hydrogen-bond acceptors (Lipinski definition) is 4. The van der Waals surface area contributed by atoms with Crippen molar-refractivity contribution in [3.8, 4) is 0 Å². The van der Waals surface area contributed by atoms with Gasteiger partial charge in [-0.05, 0) is 60.7 Å². The van der Waals surface area contributed by atoms with Gasteiger partial charge in [0.2, 0.25) is 5.91 Å². The fraction of sp³-hybridized carbons (Fsp3) is 0.467. The number of benzene rings is 1. The van der Waals surface area contributed by atoms with E-state index in [1.165, 1.54) is 0 Å². The first-order valence-electron chi connectivity index (χ1n) is 6.98. The Balaban J connectivity index is 2.53. The van der Waals surface area contributed by atoms with Crippen LogP contribution in [0.2, 0.25) is 0 Å². The van der Waals surface area contributed by atoms with Crippen LogP contribution in [0.3, 0.4) is 0 Å². The maximum atomic E-state index is 12.0. The monoisotopic (exact) mass is 404 g/mol. The molecule has 0 heterocycles. The van der Waals surface area contributed by atoms with Crippen LogP contribution in [0.25, 0.3) is 0 Å².